The predicted octanol–water partition coefficient (Wildman–Crippen LogP) is 3.35. The molecule has 0 bridgehead atoms. The molecule has 3 rings (SSSR count). The van der Waals surface area contributed by atoms with E-state index in [1.165, 1.54) is 0 Å². The van der Waals surface area contributed by atoms with Crippen molar-refractivity contribution in [2.24, 2.45) is 0 Å². The van der Waals surface area contributed by atoms with Crippen molar-refractivity contribution in [1.82, 2.24) is 15.5 Å². The van der Waals surface area contributed by atoms with E-state index < -0.39 is 0 Å². The fourth-order valence-electron chi connectivity index (χ4n) is 2.39. The smallest absolute Gasteiger partial charge is 0.319 e. The summed E-state index contributed by atoms with van der Waals surface area (Å²) >= 11 is 0. The summed E-state index contributed by atoms with van der Waals surface area (Å²) in [4.78, 5) is 11.9. The van der Waals surface area contributed by atoms with Crippen molar-refractivity contribution in [2.75, 3.05) is 25.6 Å². The van der Waals surface area contributed by atoms with Crippen molar-refractivity contribution >= 4 is 11.7 Å². The molecule has 27 heavy (non-hydrogen) atoms. The quantitative estimate of drug-likeness (QED) is 0.628. The molecule has 1 aromatic heterocycles. The Balaban J connectivity index is 1.43. The Morgan fingerprint density at radius 1 is 0.963 bits per heavy atom. The number of hydrogen-bond donors (Lipinski definition) is 2. The predicted molar refractivity (Wildman–Crippen MR) is 103 cm³/mol. The monoisotopic (exact) mass is 364 g/mol. The zero-order chi connectivity index (χ0) is 18.9. The number of amides is 2. The van der Waals surface area contributed by atoms with E-state index >= 15 is 0 Å². The number of hydrogen-bond acceptors (Lipinski definition) is 5. The SMILES string of the molecule is COc1ccccc1NC(=O)NCCOc1ccc(-c2ccccc2)nn1. The highest BCUT2D eigenvalue weighted by Crippen LogP contribution is 2.22. The van der Waals surface area contributed by atoms with Crippen LogP contribution in [0.15, 0.2) is 66.7 Å². The van der Waals surface area contributed by atoms with Crippen LogP contribution in [0.5, 0.6) is 11.6 Å². The summed E-state index contributed by atoms with van der Waals surface area (Å²) in [6.07, 6.45) is 0. The van der Waals surface area contributed by atoms with Crippen molar-refractivity contribution in [2.45, 2.75) is 0 Å². The maximum Gasteiger partial charge on any atom is 0.319 e. The number of ether oxygens (including phenoxy) is 2. The van der Waals surface area contributed by atoms with Crippen LogP contribution in [0, 0.1) is 0 Å². The van der Waals surface area contributed by atoms with Crippen LogP contribution in [0.25, 0.3) is 11.3 Å². The third kappa shape index (κ3) is 5.18. The van der Waals surface area contributed by atoms with Crippen molar-refractivity contribution in [1.29, 1.82) is 0 Å². The number of nitrogens with one attached hydrogen (secondary N) is 2. The molecule has 0 saturated heterocycles. The Morgan fingerprint density at radius 3 is 2.48 bits per heavy atom. The number of carbonyl (C=O) groups is 1. The molecule has 0 radical (unpaired) electrons. The fraction of sp³-hybridized carbons (Fsp3) is 0.150. The summed E-state index contributed by atoms with van der Waals surface area (Å²) in [5, 5.41) is 13.6. The van der Waals surface area contributed by atoms with Crippen LogP contribution in [-0.4, -0.2) is 36.5 Å². The van der Waals surface area contributed by atoms with Crippen molar-refractivity contribution in [3.05, 3.63) is 66.7 Å². The molecule has 0 aliphatic rings. The van der Waals surface area contributed by atoms with Gasteiger partial charge in [-0.2, -0.15) is 0 Å². The van der Waals surface area contributed by atoms with Crippen LogP contribution in [-0.2, 0) is 0 Å². The Morgan fingerprint density at radius 2 is 1.74 bits per heavy atom. The van der Waals surface area contributed by atoms with Crippen molar-refractivity contribution in [3.8, 4) is 22.9 Å². The van der Waals surface area contributed by atoms with Crippen LogP contribution in [0.3, 0.4) is 0 Å². The summed E-state index contributed by atoms with van der Waals surface area (Å²) in [6, 6.07) is 20.2. The topological polar surface area (TPSA) is 85.4 Å². The highest BCUT2D eigenvalue weighted by molar-refractivity contribution is 5.90. The molecule has 0 fully saturated rings. The van der Waals surface area contributed by atoms with E-state index in [2.05, 4.69) is 20.8 Å². The van der Waals surface area contributed by atoms with Gasteiger partial charge in [-0.1, -0.05) is 42.5 Å². The van der Waals surface area contributed by atoms with Crippen LogP contribution in [0.1, 0.15) is 0 Å². The molecule has 2 aromatic carbocycles. The minimum Gasteiger partial charge on any atom is -0.495 e. The van der Waals surface area contributed by atoms with Crippen LogP contribution >= 0.6 is 0 Å². The van der Waals surface area contributed by atoms with E-state index in [1.54, 1.807) is 25.3 Å². The summed E-state index contributed by atoms with van der Waals surface area (Å²) in [7, 11) is 1.55. The normalized spacial score (nSPS) is 10.1. The highest BCUT2D eigenvalue weighted by atomic mass is 16.5. The number of nitrogens with zero attached hydrogens (tertiary/aromatic N) is 2. The molecule has 2 amide bonds. The van der Waals surface area contributed by atoms with Crippen LogP contribution in [0.2, 0.25) is 0 Å². The molecule has 138 valence electrons. The number of aromatic nitrogens is 2. The van der Waals surface area contributed by atoms with Gasteiger partial charge in [0.2, 0.25) is 5.88 Å². The average molecular weight is 364 g/mol. The standard InChI is InChI=1S/C20H20N4O3/c1-26-18-10-6-5-9-17(18)22-20(25)21-13-14-27-19-12-11-16(23-24-19)15-7-3-2-4-8-15/h2-12H,13-14H2,1H3,(H2,21,22,25). The van der Waals surface area contributed by atoms with E-state index in [9.17, 15) is 4.79 Å². The van der Waals surface area contributed by atoms with Gasteiger partial charge in [-0.15, -0.1) is 10.2 Å². The highest BCUT2D eigenvalue weighted by Gasteiger charge is 2.06. The molecule has 0 aliphatic carbocycles. The third-order valence-electron chi connectivity index (χ3n) is 3.70. The van der Waals surface area contributed by atoms with E-state index in [0.29, 0.717) is 23.9 Å². The largest absolute Gasteiger partial charge is 0.495 e. The Kier molecular flexibility index (Phi) is 6.19. The van der Waals surface area contributed by atoms with Gasteiger partial charge in [0, 0.05) is 11.6 Å². The fourth-order valence-corrected chi connectivity index (χ4v) is 2.39. The van der Waals surface area contributed by atoms with Crippen LogP contribution < -0.4 is 20.1 Å². The second-order valence-corrected chi connectivity index (χ2v) is 5.55. The lowest BCUT2D eigenvalue weighted by atomic mass is 10.1. The van der Waals surface area contributed by atoms with Gasteiger partial charge in [-0.25, -0.2) is 4.79 Å². The Bertz CT molecular complexity index is 870. The summed E-state index contributed by atoms with van der Waals surface area (Å²) in [5.74, 6) is 0.999. The van der Waals surface area contributed by atoms with Crippen LogP contribution in [0.4, 0.5) is 10.5 Å². The van der Waals surface area contributed by atoms with Gasteiger partial charge in [0.25, 0.3) is 0 Å². The minimum atomic E-state index is -0.339. The Hall–Kier alpha value is -3.61. The minimum absolute atomic E-state index is 0.276. The molecule has 0 saturated carbocycles. The molecule has 0 unspecified atom stereocenters. The first-order valence-electron chi connectivity index (χ1n) is 8.46. The average Bonchev–Trinajstić information content (AvgIpc) is 2.73. The molecule has 7 nitrogen and oxygen atoms in total. The van der Waals surface area contributed by atoms with Crippen molar-refractivity contribution in [3.63, 3.8) is 0 Å². The van der Waals surface area contributed by atoms with E-state index in [-0.39, 0.29) is 12.6 Å². The van der Waals surface area contributed by atoms with Gasteiger partial charge in [0.15, 0.2) is 0 Å². The first-order chi connectivity index (χ1) is 13.3. The van der Waals surface area contributed by atoms with Gasteiger partial charge < -0.3 is 20.1 Å². The molecule has 0 aliphatic heterocycles. The first kappa shape index (κ1) is 18.2. The van der Waals surface area contributed by atoms with E-state index in [1.807, 2.05) is 48.5 Å². The summed E-state index contributed by atoms with van der Waals surface area (Å²) in [5.41, 5.74) is 2.37. The molecule has 1 heterocycles. The summed E-state index contributed by atoms with van der Waals surface area (Å²) in [6.45, 7) is 0.599. The molecular weight excluding hydrogens is 344 g/mol. The number of urea groups is 1. The van der Waals surface area contributed by atoms with Gasteiger partial charge in [-0.05, 0) is 18.2 Å². The Labute approximate surface area is 157 Å². The molecule has 2 N–H and O–H groups in total. The lowest BCUT2D eigenvalue weighted by Gasteiger charge is -2.11. The number of carbonyl (C=O) groups excluding carboxylic acids is 1. The number of benzene rings is 2. The maximum atomic E-state index is 11.9. The molecule has 3 aromatic rings. The van der Waals surface area contributed by atoms with Gasteiger partial charge in [0.05, 0.1) is 25.0 Å². The van der Waals surface area contributed by atoms with Gasteiger partial charge in [0.1, 0.15) is 12.4 Å². The number of methoxy groups -OCH3 is 1. The molecular formula is C20H20N4O3. The van der Waals surface area contributed by atoms with Gasteiger partial charge in [-0.3, -0.25) is 0 Å². The molecule has 0 atom stereocenters. The first-order valence-corrected chi connectivity index (χ1v) is 8.46. The number of anilines is 1. The second-order valence-electron chi connectivity index (χ2n) is 5.55. The summed E-state index contributed by atoms with van der Waals surface area (Å²) < 4.78 is 10.7. The second kappa shape index (κ2) is 9.19. The number of para-hydroxylation sites is 2. The van der Waals surface area contributed by atoms with E-state index in [4.69, 9.17) is 9.47 Å². The maximum absolute atomic E-state index is 11.9. The zero-order valence-corrected chi connectivity index (χ0v) is 14.9. The zero-order valence-electron chi connectivity index (χ0n) is 14.9. The van der Waals surface area contributed by atoms with E-state index in [0.717, 1.165) is 11.3 Å². The lowest BCUT2D eigenvalue weighted by molar-refractivity contribution is 0.246. The third-order valence-corrected chi connectivity index (χ3v) is 3.70. The molecule has 7 heteroatoms. The number of rotatable bonds is 7. The van der Waals surface area contributed by atoms with Gasteiger partial charge >= 0.3 is 6.03 Å². The van der Waals surface area contributed by atoms with Crippen molar-refractivity contribution < 1.29 is 14.3 Å². The molecule has 0 spiro atoms. The lowest BCUT2D eigenvalue weighted by Crippen LogP contribution is -2.32.